The van der Waals surface area contributed by atoms with Crippen LogP contribution in [-0.4, -0.2) is 18.6 Å². The molecule has 3 heteroatoms. The van der Waals surface area contributed by atoms with Crippen molar-refractivity contribution in [3.63, 3.8) is 0 Å². The van der Waals surface area contributed by atoms with Gasteiger partial charge in [0.25, 0.3) is 0 Å². The summed E-state index contributed by atoms with van der Waals surface area (Å²) in [7, 11) is 1.98. The maximum absolute atomic E-state index is 7.29. The Morgan fingerprint density at radius 1 is 1.14 bits per heavy atom. The Labute approximate surface area is 130 Å². The van der Waals surface area contributed by atoms with Gasteiger partial charge >= 0.3 is 0 Å². The molecular weight excluding hydrogens is 270 g/mol. The van der Waals surface area contributed by atoms with Gasteiger partial charge in [0.2, 0.25) is 5.69 Å². The lowest BCUT2D eigenvalue weighted by Gasteiger charge is -2.18. The van der Waals surface area contributed by atoms with Crippen LogP contribution in [-0.2, 0) is 0 Å². The molecule has 3 aromatic rings. The van der Waals surface area contributed by atoms with E-state index in [-0.39, 0.29) is 0 Å². The first-order valence-electron chi connectivity index (χ1n) is 7.51. The Balaban J connectivity index is 2.05. The average molecular weight is 289 g/mol. The average Bonchev–Trinajstić information content (AvgIpc) is 2.98. The minimum Gasteiger partial charge on any atom is -0.372 e. The lowest BCUT2D eigenvalue weighted by Crippen LogP contribution is -2.13. The normalized spacial score (nSPS) is 12.2. The van der Waals surface area contributed by atoms with Gasteiger partial charge in [0.1, 0.15) is 0 Å². The molecule has 0 aliphatic carbocycles. The van der Waals surface area contributed by atoms with E-state index < -0.39 is 0 Å². The Morgan fingerprint density at radius 2 is 1.95 bits per heavy atom. The van der Waals surface area contributed by atoms with Gasteiger partial charge in [0.05, 0.1) is 6.57 Å². The number of fused-ring (bicyclic) bond motifs is 1. The third-order valence-electron chi connectivity index (χ3n) is 4.09. The molecule has 0 aliphatic rings. The van der Waals surface area contributed by atoms with E-state index in [1.54, 1.807) is 6.20 Å². The zero-order valence-corrected chi connectivity index (χ0v) is 12.6. The van der Waals surface area contributed by atoms with Crippen LogP contribution in [0.5, 0.6) is 0 Å². The monoisotopic (exact) mass is 289 g/mol. The van der Waals surface area contributed by atoms with Crippen molar-refractivity contribution in [1.29, 1.82) is 0 Å². The topological polar surface area (TPSA) is 32.2 Å². The molecular formula is C19H19N3. The van der Waals surface area contributed by atoms with Crippen molar-refractivity contribution in [2.75, 3.05) is 13.6 Å². The maximum atomic E-state index is 7.29. The van der Waals surface area contributed by atoms with Crippen LogP contribution in [0.4, 0.5) is 5.69 Å². The van der Waals surface area contributed by atoms with E-state index in [9.17, 15) is 0 Å². The Hall–Kier alpha value is -2.57. The molecule has 2 aromatic carbocycles. The highest BCUT2D eigenvalue weighted by atomic mass is 14.8. The van der Waals surface area contributed by atoms with E-state index in [1.807, 2.05) is 13.1 Å². The van der Waals surface area contributed by atoms with Gasteiger partial charge < -0.3 is 10.3 Å². The van der Waals surface area contributed by atoms with Gasteiger partial charge in [-0.2, -0.15) is 0 Å². The smallest absolute Gasteiger partial charge is 0.211 e. The van der Waals surface area contributed by atoms with Crippen LogP contribution in [0.1, 0.15) is 23.5 Å². The molecule has 0 saturated heterocycles. The van der Waals surface area contributed by atoms with E-state index >= 15 is 0 Å². The third-order valence-corrected chi connectivity index (χ3v) is 4.09. The predicted molar refractivity (Wildman–Crippen MR) is 91.4 cm³/mol. The van der Waals surface area contributed by atoms with E-state index in [0.717, 1.165) is 23.9 Å². The summed E-state index contributed by atoms with van der Waals surface area (Å²) in [5.41, 5.74) is 4.29. The second-order valence-corrected chi connectivity index (χ2v) is 5.45. The predicted octanol–water partition coefficient (Wildman–Crippen LogP) is 4.46. The van der Waals surface area contributed by atoms with Gasteiger partial charge in [-0.25, -0.2) is 4.85 Å². The first-order valence-corrected chi connectivity index (χ1v) is 7.51. The molecule has 1 heterocycles. The van der Waals surface area contributed by atoms with Gasteiger partial charge in [-0.05, 0) is 37.2 Å². The molecule has 0 radical (unpaired) electrons. The van der Waals surface area contributed by atoms with Crippen LogP contribution in [0.3, 0.4) is 0 Å². The van der Waals surface area contributed by atoms with Gasteiger partial charge in [0, 0.05) is 23.0 Å². The molecule has 0 fully saturated rings. The van der Waals surface area contributed by atoms with Crippen molar-refractivity contribution < 1.29 is 0 Å². The van der Waals surface area contributed by atoms with Gasteiger partial charge in [-0.1, -0.05) is 42.5 Å². The summed E-state index contributed by atoms with van der Waals surface area (Å²) in [5, 5.41) is 4.25. The Kier molecular flexibility index (Phi) is 4.22. The molecule has 1 unspecified atom stereocenters. The van der Waals surface area contributed by atoms with Crippen LogP contribution >= 0.6 is 0 Å². The number of nitrogens with zero attached hydrogens (tertiary/aromatic N) is 1. The summed E-state index contributed by atoms with van der Waals surface area (Å²) in [6, 6.07) is 17.0. The zero-order valence-electron chi connectivity index (χ0n) is 12.6. The minimum atomic E-state index is 0.339. The molecule has 22 heavy (non-hydrogen) atoms. The molecule has 0 aliphatic heterocycles. The van der Waals surface area contributed by atoms with Crippen molar-refractivity contribution in [1.82, 2.24) is 10.3 Å². The largest absolute Gasteiger partial charge is 0.372 e. The number of hydrogen-bond acceptors (Lipinski definition) is 1. The highest BCUT2D eigenvalue weighted by Gasteiger charge is 2.15. The van der Waals surface area contributed by atoms with Crippen LogP contribution < -0.4 is 5.32 Å². The molecule has 0 bridgehead atoms. The number of benzene rings is 2. The summed E-state index contributed by atoms with van der Waals surface area (Å²) in [6.07, 6.45) is 2.82. The molecule has 0 amide bonds. The standard InChI is InChI=1S/C19H19N3/c1-20-11-10-16(14-6-4-3-5-7-14)15-8-9-18-17(12-15)19(21-2)13-22-18/h3-9,12-13,16,20,22H,10-11H2,1H3. The quantitative estimate of drug-likeness (QED) is 0.668. The van der Waals surface area contributed by atoms with Crippen molar-refractivity contribution in [3.05, 3.63) is 77.3 Å². The number of rotatable bonds is 5. The van der Waals surface area contributed by atoms with Crippen LogP contribution in [0.15, 0.2) is 54.7 Å². The molecule has 1 aromatic heterocycles. The summed E-state index contributed by atoms with van der Waals surface area (Å²) >= 11 is 0. The lowest BCUT2D eigenvalue weighted by atomic mass is 9.88. The number of hydrogen-bond donors (Lipinski definition) is 2. The second-order valence-electron chi connectivity index (χ2n) is 5.45. The molecule has 0 spiro atoms. The molecule has 3 rings (SSSR count). The fourth-order valence-corrected chi connectivity index (χ4v) is 2.93. The second kappa shape index (κ2) is 6.46. The Morgan fingerprint density at radius 3 is 2.68 bits per heavy atom. The molecule has 3 nitrogen and oxygen atoms in total. The SMILES string of the molecule is [C-]#[N+]c1c[nH]c2ccc(C(CCNC)c3ccccc3)cc12. The summed E-state index contributed by atoms with van der Waals surface area (Å²) in [4.78, 5) is 6.76. The van der Waals surface area contributed by atoms with E-state index in [2.05, 4.69) is 57.6 Å². The van der Waals surface area contributed by atoms with Gasteiger partial charge in [-0.15, -0.1) is 0 Å². The van der Waals surface area contributed by atoms with Crippen molar-refractivity contribution in [2.45, 2.75) is 12.3 Å². The minimum absolute atomic E-state index is 0.339. The molecule has 2 N–H and O–H groups in total. The maximum Gasteiger partial charge on any atom is 0.211 e. The van der Waals surface area contributed by atoms with E-state index in [1.165, 1.54) is 11.1 Å². The van der Waals surface area contributed by atoms with Crippen molar-refractivity contribution in [2.24, 2.45) is 0 Å². The molecule has 1 atom stereocenters. The van der Waals surface area contributed by atoms with Crippen LogP contribution in [0, 0.1) is 6.57 Å². The van der Waals surface area contributed by atoms with E-state index in [4.69, 9.17) is 6.57 Å². The fourth-order valence-electron chi connectivity index (χ4n) is 2.93. The van der Waals surface area contributed by atoms with E-state index in [0.29, 0.717) is 11.6 Å². The molecule has 0 saturated carbocycles. The first-order chi connectivity index (χ1) is 10.8. The summed E-state index contributed by atoms with van der Waals surface area (Å²) in [5.74, 6) is 0.339. The van der Waals surface area contributed by atoms with Crippen LogP contribution in [0.25, 0.3) is 15.7 Å². The highest BCUT2D eigenvalue weighted by Crippen LogP contribution is 2.33. The lowest BCUT2D eigenvalue weighted by molar-refractivity contribution is 0.662. The highest BCUT2D eigenvalue weighted by molar-refractivity contribution is 5.93. The Bertz CT molecular complexity index is 796. The summed E-state index contributed by atoms with van der Waals surface area (Å²) < 4.78 is 0. The number of H-pyrrole nitrogens is 1. The van der Waals surface area contributed by atoms with Crippen molar-refractivity contribution in [3.8, 4) is 0 Å². The number of aromatic nitrogens is 1. The van der Waals surface area contributed by atoms with Gasteiger partial charge in [-0.3, -0.25) is 0 Å². The third kappa shape index (κ3) is 2.74. The van der Waals surface area contributed by atoms with Gasteiger partial charge in [0.15, 0.2) is 0 Å². The molecule has 110 valence electrons. The zero-order chi connectivity index (χ0) is 15.4. The summed E-state index contributed by atoms with van der Waals surface area (Å²) in [6.45, 7) is 8.25. The number of aromatic amines is 1. The number of nitrogens with one attached hydrogen (secondary N) is 2. The van der Waals surface area contributed by atoms with Crippen LogP contribution in [0.2, 0.25) is 0 Å². The van der Waals surface area contributed by atoms with Crippen molar-refractivity contribution >= 4 is 16.6 Å². The first kappa shape index (κ1) is 14.4. The fraction of sp³-hybridized carbons (Fsp3) is 0.211.